The fourth-order valence-corrected chi connectivity index (χ4v) is 3.72. The Bertz CT molecular complexity index is 486. The van der Waals surface area contributed by atoms with Gasteiger partial charge in [0.05, 0.1) is 12.0 Å². The number of carbonyl (C=O) groups is 2. The number of carbonyl (C=O) groups excluding carboxylic acids is 2. The second-order valence-corrected chi connectivity index (χ2v) is 5.80. The Balaban J connectivity index is 2.53. The summed E-state index contributed by atoms with van der Waals surface area (Å²) in [5.74, 6) is -1.61. The number of Topliss-reactive ketones (excluding diaryl/α,β-unsaturated/α-hetero) is 1. The first-order chi connectivity index (χ1) is 8.83. The van der Waals surface area contributed by atoms with Gasteiger partial charge in [-0.3, -0.25) is 4.79 Å². The molecular formula is C15H20O4. The van der Waals surface area contributed by atoms with Crippen LogP contribution in [0.5, 0.6) is 0 Å². The number of aliphatic hydroxyl groups is 1. The third kappa shape index (κ3) is 1.52. The van der Waals surface area contributed by atoms with E-state index in [1.165, 1.54) is 0 Å². The van der Waals surface area contributed by atoms with Crippen LogP contribution >= 0.6 is 0 Å². The molecule has 0 amide bonds. The minimum atomic E-state index is -0.812. The topological polar surface area (TPSA) is 63.6 Å². The summed E-state index contributed by atoms with van der Waals surface area (Å²) in [6.45, 7) is 9.62. The first-order valence-electron chi connectivity index (χ1n) is 6.62. The maximum Gasteiger partial charge on any atom is 0.373 e. The minimum Gasteiger partial charge on any atom is -0.502 e. The van der Waals surface area contributed by atoms with Crippen LogP contribution in [0.25, 0.3) is 0 Å². The molecule has 0 spiro atoms. The van der Waals surface area contributed by atoms with E-state index >= 15 is 0 Å². The van der Waals surface area contributed by atoms with Crippen LogP contribution in [-0.4, -0.2) is 23.5 Å². The van der Waals surface area contributed by atoms with E-state index in [0.717, 1.165) is 12.8 Å². The Labute approximate surface area is 113 Å². The van der Waals surface area contributed by atoms with E-state index in [9.17, 15) is 14.7 Å². The lowest BCUT2D eigenvalue weighted by Gasteiger charge is -2.32. The number of ether oxygens (including phenoxy) is 1. The van der Waals surface area contributed by atoms with Gasteiger partial charge in [-0.1, -0.05) is 19.9 Å². The molecule has 2 fully saturated rings. The Morgan fingerprint density at radius 2 is 2.21 bits per heavy atom. The zero-order valence-electron chi connectivity index (χ0n) is 11.7. The highest BCUT2D eigenvalue weighted by Gasteiger charge is 2.66. The van der Waals surface area contributed by atoms with Gasteiger partial charge in [0.15, 0.2) is 5.78 Å². The maximum absolute atomic E-state index is 12.6. The lowest BCUT2D eigenvalue weighted by atomic mass is 9.69. The van der Waals surface area contributed by atoms with E-state index in [4.69, 9.17) is 4.74 Å². The number of fused-ring (bicyclic) bond motifs is 2. The largest absolute Gasteiger partial charge is 0.502 e. The van der Waals surface area contributed by atoms with Gasteiger partial charge in [0.25, 0.3) is 0 Å². The number of ketones is 1. The number of rotatable bonds is 3. The van der Waals surface area contributed by atoms with Crippen LogP contribution in [-0.2, 0) is 14.3 Å². The third-order valence-corrected chi connectivity index (χ3v) is 4.92. The highest BCUT2D eigenvalue weighted by atomic mass is 16.5. The predicted octanol–water partition coefficient (Wildman–Crippen LogP) is 2.55. The number of aliphatic hydroxyl groups excluding tert-OH is 1. The van der Waals surface area contributed by atoms with Crippen molar-refractivity contribution in [3.63, 3.8) is 0 Å². The normalized spacial score (nSPS) is 34.3. The highest BCUT2D eigenvalue weighted by molar-refractivity contribution is 6.10. The smallest absolute Gasteiger partial charge is 0.373 e. The molecule has 104 valence electrons. The maximum atomic E-state index is 12.6. The predicted molar refractivity (Wildman–Crippen MR) is 70.4 cm³/mol. The second-order valence-electron chi connectivity index (χ2n) is 5.80. The molecule has 2 saturated carbocycles. The molecule has 1 N–H and O–H groups in total. The second kappa shape index (κ2) is 4.22. The molecule has 2 atom stereocenters. The first-order valence-corrected chi connectivity index (χ1v) is 6.62. The standard InChI is InChI=1S/C15H20O4/c1-5-15-8-7-9(14(15,3)4)10(12(15)17)11(16)13(18)19-6-2/h5,9,16H,1,6-8H2,2-4H3/b11-10-/t9-,15+/m1/s1. The van der Waals surface area contributed by atoms with Gasteiger partial charge in [0.1, 0.15) is 0 Å². The number of allylic oxidation sites excluding steroid dienone is 2. The minimum absolute atomic E-state index is 0.109. The van der Waals surface area contributed by atoms with Crippen molar-refractivity contribution < 1.29 is 19.4 Å². The van der Waals surface area contributed by atoms with E-state index in [1.807, 2.05) is 13.8 Å². The fraction of sp³-hybridized carbons (Fsp3) is 0.600. The van der Waals surface area contributed by atoms with Crippen molar-refractivity contribution in [1.29, 1.82) is 0 Å². The molecule has 4 heteroatoms. The van der Waals surface area contributed by atoms with Crippen LogP contribution < -0.4 is 0 Å². The molecule has 0 unspecified atom stereocenters. The Morgan fingerprint density at radius 1 is 1.58 bits per heavy atom. The summed E-state index contributed by atoms with van der Waals surface area (Å²) in [6.07, 6.45) is 3.19. The van der Waals surface area contributed by atoms with Crippen molar-refractivity contribution in [3.8, 4) is 0 Å². The molecule has 2 aliphatic rings. The van der Waals surface area contributed by atoms with E-state index in [-0.39, 0.29) is 29.3 Å². The first kappa shape index (κ1) is 13.8. The lowest BCUT2D eigenvalue weighted by Crippen LogP contribution is -2.33. The molecule has 0 heterocycles. The lowest BCUT2D eigenvalue weighted by molar-refractivity contribution is -0.142. The molecule has 4 nitrogen and oxygen atoms in total. The summed E-state index contributed by atoms with van der Waals surface area (Å²) in [5.41, 5.74) is -0.746. The van der Waals surface area contributed by atoms with E-state index in [0.29, 0.717) is 0 Å². The zero-order valence-corrected chi connectivity index (χ0v) is 11.7. The van der Waals surface area contributed by atoms with Crippen LogP contribution in [0.15, 0.2) is 24.0 Å². The van der Waals surface area contributed by atoms with Gasteiger partial charge >= 0.3 is 5.97 Å². The van der Waals surface area contributed by atoms with E-state index < -0.39 is 17.1 Å². The summed E-state index contributed by atoms with van der Waals surface area (Å²) in [6, 6.07) is 0. The number of esters is 1. The van der Waals surface area contributed by atoms with Crippen molar-refractivity contribution in [2.24, 2.45) is 16.7 Å². The molecule has 0 aromatic rings. The molecule has 0 aromatic carbocycles. The van der Waals surface area contributed by atoms with Crippen molar-refractivity contribution in [2.75, 3.05) is 6.61 Å². The Hall–Kier alpha value is -1.58. The van der Waals surface area contributed by atoms with Gasteiger partial charge in [0.2, 0.25) is 5.76 Å². The zero-order chi connectivity index (χ0) is 14.4. The number of hydrogen-bond donors (Lipinski definition) is 1. The molecule has 2 aliphatic carbocycles. The highest BCUT2D eigenvalue weighted by Crippen LogP contribution is 2.66. The van der Waals surface area contributed by atoms with Crippen LogP contribution in [0.4, 0.5) is 0 Å². The fourth-order valence-electron chi connectivity index (χ4n) is 3.72. The molecule has 0 aromatic heterocycles. The summed E-state index contributed by atoms with van der Waals surface area (Å²) < 4.78 is 4.78. The molecule has 0 saturated heterocycles. The Kier molecular flexibility index (Phi) is 3.07. The molecule has 19 heavy (non-hydrogen) atoms. The van der Waals surface area contributed by atoms with Crippen molar-refractivity contribution in [2.45, 2.75) is 33.6 Å². The van der Waals surface area contributed by atoms with Gasteiger partial charge in [-0.25, -0.2) is 4.79 Å². The van der Waals surface area contributed by atoms with E-state index in [2.05, 4.69) is 6.58 Å². The third-order valence-electron chi connectivity index (χ3n) is 4.92. The van der Waals surface area contributed by atoms with Gasteiger partial charge in [-0.15, -0.1) is 6.58 Å². The van der Waals surface area contributed by atoms with Crippen LogP contribution in [0.3, 0.4) is 0 Å². The Morgan fingerprint density at radius 3 is 2.68 bits per heavy atom. The van der Waals surface area contributed by atoms with Crippen LogP contribution in [0, 0.1) is 16.7 Å². The van der Waals surface area contributed by atoms with Crippen molar-refractivity contribution in [3.05, 3.63) is 24.0 Å². The summed E-state index contributed by atoms with van der Waals surface area (Å²) in [4.78, 5) is 24.2. The average Bonchev–Trinajstić information content (AvgIpc) is 2.71. The molecule has 0 radical (unpaired) electrons. The summed E-state index contributed by atoms with van der Waals surface area (Å²) >= 11 is 0. The number of hydrogen-bond acceptors (Lipinski definition) is 4. The van der Waals surface area contributed by atoms with Crippen LogP contribution in [0.1, 0.15) is 33.6 Å². The van der Waals surface area contributed by atoms with Gasteiger partial charge in [-0.2, -0.15) is 0 Å². The summed E-state index contributed by atoms with van der Waals surface area (Å²) in [5, 5.41) is 10.0. The molecule has 0 aliphatic heterocycles. The van der Waals surface area contributed by atoms with Gasteiger partial charge < -0.3 is 9.84 Å². The van der Waals surface area contributed by atoms with Crippen molar-refractivity contribution in [1.82, 2.24) is 0 Å². The van der Waals surface area contributed by atoms with Gasteiger partial charge in [-0.05, 0) is 31.1 Å². The molecule has 2 rings (SSSR count). The van der Waals surface area contributed by atoms with Gasteiger partial charge in [0, 0.05) is 5.57 Å². The molecular weight excluding hydrogens is 244 g/mol. The van der Waals surface area contributed by atoms with E-state index in [1.54, 1.807) is 13.0 Å². The summed E-state index contributed by atoms with van der Waals surface area (Å²) in [7, 11) is 0. The SMILES string of the molecule is C=C[C@]12CC[C@H](/C(=C(/O)C(=O)OCC)C1=O)C2(C)C. The van der Waals surface area contributed by atoms with Crippen LogP contribution in [0.2, 0.25) is 0 Å². The average molecular weight is 264 g/mol. The molecule has 2 bridgehead atoms. The monoisotopic (exact) mass is 264 g/mol. The van der Waals surface area contributed by atoms with Crippen molar-refractivity contribution >= 4 is 11.8 Å². The quantitative estimate of drug-likeness (QED) is 0.368.